The van der Waals surface area contributed by atoms with Crippen molar-refractivity contribution in [1.29, 1.82) is 5.26 Å². The molecule has 4 heteroatoms. The van der Waals surface area contributed by atoms with Crippen molar-refractivity contribution in [3.05, 3.63) is 34.4 Å². The van der Waals surface area contributed by atoms with Crippen molar-refractivity contribution in [2.24, 2.45) is 0 Å². The van der Waals surface area contributed by atoms with Gasteiger partial charge >= 0.3 is 5.97 Å². The van der Waals surface area contributed by atoms with Crippen molar-refractivity contribution in [1.82, 2.24) is 0 Å². The van der Waals surface area contributed by atoms with E-state index in [1.54, 1.807) is 13.0 Å². The molecule has 0 amide bonds. The van der Waals surface area contributed by atoms with Gasteiger partial charge in [-0.2, -0.15) is 5.26 Å². The van der Waals surface area contributed by atoms with Gasteiger partial charge in [-0.25, -0.2) is 4.79 Å². The summed E-state index contributed by atoms with van der Waals surface area (Å²) in [5.74, 6) is -0.367. The molecular weight excluding hydrogens is 282 g/mol. The zero-order valence-corrected chi connectivity index (χ0v) is 11.5. The van der Waals surface area contributed by atoms with E-state index >= 15 is 0 Å². The van der Waals surface area contributed by atoms with E-state index in [4.69, 9.17) is 10.00 Å². The lowest BCUT2D eigenvalue weighted by Gasteiger charge is -2.11. The van der Waals surface area contributed by atoms with Crippen LogP contribution in [0, 0.1) is 11.3 Å². The Kier molecular flexibility index (Phi) is 5.17. The summed E-state index contributed by atoms with van der Waals surface area (Å²) in [5.41, 5.74) is 2.89. The van der Waals surface area contributed by atoms with Gasteiger partial charge in [0.2, 0.25) is 0 Å². The molecule has 17 heavy (non-hydrogen) atoms. The predicted octanol–water partition coefficient (Wildman–Crippen LogP) is 3.19. The van der Waals surface area contributed by atoms with E-state index in [1.807, 2.05) is 13.0 Å². The molecule has 1 aromatic rings. The molecule has 0 spiro atoms. The molecule has 0 heterocycles. The summed E-state index contributed by atoms with van der Waals surface area (Å²) < 4.78 is 5.00. The Morgan fingerprint density at radius 3 is 2.65 bits per heavy atom. The highest BCUT2D eigenvalue weighted by molar-refractivity contribution is 9.08. The first kappa shape index (κ1) is 13.7. The van der Waals surface area contributed by atoms with Gasteiger partial charge in [0, 0.05) is 5.33 Å². The topological polar surface area (TPSA) is 50.1 Å². The van der Waals surface area contributed by atoms with Crippen LogP contribution in [0.15, 0.2) is 12.1 Å². The molecule has 0 saturated carbocycles. The summed E-state index contributed by atoms with van der Waals surface area (Å²) in [5, 5.41) is 9.52. The molecule has 90 valence electrons. The second-order valence-electron chi connectivity index (χ2n) is 3.48. The number of benzene rings is 1. The summed E-state index contributed by atoms with van der Waals surface area (Å²) in [6.45, 7) is 4.09. The van der Waals surface area contributed by atoms with E-state index in [2.05, 4.69) is 22.0 Å². The number of nitrogens with zero attached hydrogens (tertiary/aromatic N) is 1. The van der Waals surface area contributed by atoms with E-state index in [1.165, 1.54) is 0 Å². The molecule has 0 radical (unpaired) electrons. The monoisotopic (exact) mass is 295 g/mol. The lowest BCUT2D eigenvalue weighted by Crippen LogP contribution is -2.10. The second-order valence-corrected chi connectivity index (χ2v) is 4.04. The first-order valence-corrected chi connectivity index (χ1v) is 6.59. The predicted molar refractivity (Wildman–Crippen MR) is 69.1 cm³/mol. The molecule has 0 aliphatic rings. The number of nitriles is 1. The van der Waals surface area contributed by atoms with E-state index in [0.29, 0.717) is 23.1 Å². The first-order chi connectivity index (χ1) is 8.17. The number of carbonyl (C=O) groups is 1. The summed E-state index contributed by atoms with van der Waals surface area (Å²) in [4.78, 5) is 11.8. The molecule has 0 bridgehead atoms. The van der Waals surface area contributed by atoms with Gasteiger partial charge in [0.15, 0.2) is 0 Å². The number of rotatable bonds is 4. The van der Waals surface area contributed by atoms with Gasteiger partial charge in [0.1, 0.15) is 0 Å². The third-order valence-corrected chi connectivity index (χ3v) is 3.04. The van der Waals surface area contributed by atoms with Crippen LogP contribution in [0.25, 0.3) is 0 Å². The highest BCUT2D eigenvalue weighted by atomic mass is 79.9. The van der Waals surface area contributed by atoms with Crippen LogP contribution in [0.1, 0.15) is 40.9 Å². The van der Waals surface area contributed by atoms with Gasteiger partial charge in [-0.1, -0.05) is 22.9 Å². The van der Waals surface area contributed by atoms with Gasteiger partial charge in [0.25, 0.3) is 0 Å². The fraction of sp³-hybridized carbons (Fsp3) is 0.385. The average Bonchev–Trinajstić information content (AvgIpc) is 2.37. The molecule has 0 atom stereocenters. The Morgan fingerprint density at radius 2 is 2.18 bits per heavy atom. The van der Waals surface area contributed by atoms with Crippen molar-refractivity contribution in [3.8, 4) is 6.07 Å². The summed E-state index contributed by atoms with van der Waals surface area (Å²) in [7, 11) is 0. The number of ether oxygens (including phenoxy) is 1. The number of halogens is 1. The van der Waals surface area contributed by atoms with E-state index in [0.717, 1.165) is 17.5 Å². The van der Waals surface area contributed by atoms with Crippen molar-refractivity contribution in [2.75, 3.05) is 6.61 Å². The van der Waals surface area contributed by atoms with Crippen molar-refractivity contribution in [2.45, 2.75) is 25.6 Å². The summed E-state index contributed by atoms with van der Waals surface area (Å²) in [6.07, 6.45) is 0.781. The average molecular weight is 296 g/mol. The molecule has 0 unspecified atom stereocenters. The molecule has 0 aromatic heterocycles. The SMILES string of the molecule is CCOC(=O)c1cc(C#N)cc(CC)c1CBr. The van der Waals surface area contributed by atoms with Gasteiger partial charge in [-0.15, -0.1) is 0 Å². The van der Waals surface area contributed by atoms with Gasteiger partial charge in [-0.05, 0) is 36.6 Å². The smallest absolute Gasteiger partial charge is 0.338 e. The van der Waals surface area contributed by atoms with Crippen LogP contribution in [0.5, 0.6) is 0 Å². The van der Waals surface area contributed by atoms with Crippen molar-refractivity contribution < 1.29 is 9.53 Å². The van der Waals surface area contributed by atoms with Crippen LogP contribution in [0.3, 0.4) is 0 Å². The van der Waals surface area contributed by atoms with Gasteiger partial charge < -0.3 is 4.74 Å². The number of alkyl halides is 1. The standard InChI is InChI=1S/C13H14BrNO2/c1-3-10-5-9(8-15)6-11(12(10)7-14)13(16)17-4-2/h5-6H,3-4,7H2,1-2H3. The van der Waals surface area contributed by atoms with Crippen molar-refractivity contribution in [3.63, 3.8) is 0 Å². The number of hydrogen-bond acceptors (Lipinski definition) is 3. The van der Waals surface area contributed by atoms with Crippen LogP contribution in [0.4, 0.5) is 0 Å². The normalized spacial score (nSPS) is 9.76. The van der Waals surface area contributed by atoms with Crippen molar-refractivity contribution >= 4 is 21.9 Å². The Hall–Kier alpha value is -1.34. The molecule has 0 saturated heterocycles. The minimum absolute atomic E-state index is 0.332. The molecular formula is C13H14BrNO2. The Bertz CT molecular complexity index is 463. The molecule has 0 aliphatic carbocycles. The molecule has 0 N–H and O–H groups in total. The third-order valence-electron chi connectivity index (χ3n) is 2.48. The van der Waals surface area contributed by atoms with E-state index in [-0.39, 0.29) is 5.97 Å². The third kappa shape index (κ3) is 3.07. The van der Waals surface area contributed by atoms with Gasteiger partial charge in [-0.3, -0.25) is 0 Å². The fourth-order valence-corrected chi connectivity index (χ4v) is 2.32. The Labute approximate surface area is 110 Å². The highest BCUT2D eigenvalue weighted by Gasteiger charge is 2.16. The van der Waals surface area contributed by atoms with Crippen LogP contribution in [-0.2, 0) is 16.5 Å². The first-order valence-electron chi connectivity index (χ1n) is 5.46. The molecule has 0 aliphatic heterocycles. The zero-order valence-electron chi connectivity index (χ0n) is 9.92. The Balaban J connectivity index is 3.35. The maximum Gasteiger partial charge on any atom is 0.338 e. The zero-order chi connectivity index (χ0) is 12.8. The van der Waals surface area contributed by atoms with E-state index in [9.17, 15) is 4.79 Å². The molecule has 3 nitrogen and oxygen atoms in total. The number of carbonyl (C=O) groups excluding carboxylic acids is 1. The highest BCUT2D eigenvalue weighted by Crippen LogP contribution is 2.22. The maximum atomic E-state index is 11.8. The molecule has 1 aromatic carbocycles. The Morgan fingerprint density at radius 1 is 1.47 bits per heavy atom. The van der Waals surface area contributed by atoms with Crippen LogP contribution in [0.2, 0.25) is 0 Å². The number of hydrogen-bond donors (Lipinski definition) is 0. The van der Waals surface area contributed by atoms with Crippen LogP contribution < -0.4 is 0 Å². The summed E-state index contributed by atoms with van der Waals surface area (Å²) >= 11 is 3.38. The fourth-order valence-electron chi connectivity index (χ4n) is 1.66. The lowest BCUT2D eigenvalue weighted by molar-refractivity contribution is 0.0525. The van der Waals surface area contributed by atoms with E-state index < -0.39 is 0 Å². The number of aryl methyl sites for hydroxylation is 1. The molecule has 1 rings (SSSR count). The van der Waals surface area contributed by atoms with Crippen LogP contribution in [-0.4, -0.2) is 12.6 Å². The quantitative estimate of drug-likeness (QED) is 0.633. The van der Waals surface area contributed by atoms with Crippen LogP contribution >= 0.6 is 15.9 Å². The minimum Gasteiger partial charge on any atom is -0.462 e. The van der Waals surface area contributed by atoms with Gasteiger partial charge in [0.05, 0.1) is 23.8 Å². The largest absolute Gasteiger partial charge is 0.462 e. The maximum absolute atomic E-state index is 11.8. The summed E-state index contributed by atoms with van der Waals surface area (Å²) in [6, 6.07) is 5.48. The second kappa shape index (κ2) is 6.41. The molecule has 0 fully saturated rings. The minimum atomic E-state index is -0.367. The lowest BCUT2D eigenvalue weighted by atomic mass is 9.97. The number of esters is 1.